The summed E-state index contributed by atoms with van der Waals surface area (Å²) >= 11 is 0. The van der Waals surface area contributed by atoms with E-state index in [0.29, 0.717) is 34.8 Å². The second-order valence-electron chi connectivity index (χ2n) is 5.94. The molecule has 2 N–H and O–H groups in total. The van der Waals surface area contributed by atoms with Gasteiger partial charge in [0, 0.05) is 17.7 Å². The van der Waals surface area contributed by atoms with E-state index in [-0.39, 0.29) is 11.9 Å². The normalized spacial score (nSPS) is 29.5. The van der Waals surface area contributed by atoms with Crippen LogP contribution in [0.5, 0.6) is 11.5 Å². The average molecular weight is 279 g/mol. The van der Waals surface area contributed by atoms with Gasteiger partial charge in [-0.25, -0.2) is 4.39 Å². The maximum absolute atomic E-state index is 14.3. The lowest BCUT2D eigenvalue weighted by atomic mass is 9.99. The molecule has 0 radical (unpaired) electrons. The minimum absolute atomic E-state index is 0.233. The Hall–Kier alpha value is -1.29. The Morgan fingerprint density at radius 3 is 2.20 bits per heavy atom. The highest BCUT2D eigenvalue weighted by molar-refractivity contribution is 5.45. The van der Waals surface area contributed by atoms with Crippen LogP contribution in [-0.4, -0.2) is 14.2 Å². The fourth-order valence-electron chi connectivity index (χ4n) is 3.91. The molecule has 0 aliphatic heterocycles. The molecule has 0 bridgehead atoms. The zero-order valence-corrected chi connectivity index (χ0v) is 12.1. The minimum atomic E-state index is -0.293. The molecule has 2 aliphatic carbocycles. The highest BCUT2D eigenvalue weighted by Gasteiger charge is 2.53. The third-order valence-electron chi connectivity index (χ3n) is 5.00. The van der Waals surface area contributed by atoms with Crippen molar-refractivity contribution in [3.63, 3.8) is 0 Å². The van der Waals surface area contributed by atoms with Crippen LogP contribution in [0.25, 0.3) is 0 Å². The van der Waals surface area contributed by atoms with Crippen molar-refractivity contribution in [3.8, 4) is 11.5 Å². The molecule has 0 saturated heterocycles. The van der Waals surface area contributed by atoms with E-state index < -0.39 is 0 Å². The summed E-state index contributed by atoms with van der Waals surface area (Å²) < 4.78 is 24.6. The highest BCUT2D eigenvalue weighted by Crippen LogP contribution is 2.60. The Balaban J connectivity index is 1.86. The number of methoxy groups -OCH3 is 2. The third kappa shape index (κ3) is 2.16. The van der Waals surface area contributed by atoms with Crippen molar-refractivity contribution in [2.75, 3.05) is 14.2 Å². The van der Waals surface area contributed by atoms with E-state index in [1.54, 1.807) is 13.2 Å². The van der Waals surface area contributed by atoms with Crippen LogP contribution in [0.1, 0.15) is 37.3 Å². The van der Waals surface area contributed by atoms with Crippen molar-refractivity contribution in [1.82, 2.24) is 0 Å². The van der Waals surface area contributed by atoms with E-state index in [9.17, 15) is 4.39 Å². The Kier molecular flexibility index (Phi) is 3.59. The molecule has 3 nitrogen and oxygen atoms in total. The SMILES string of the molecule is COc1cc(F)c(C(N)C2C3CCCCC32)cc1OC. The summed E-state index contributed by atoms with van der Waals surface area (Å²) in [6.45, 7) is 0. The molecule has 20 heavy (non-hydrogen) atoms. The van der Waals surface area contributed by atoms with Gasteiger partial charge in [-0.3, -0.25) is 0 Å². The average Bonchev–Trinajstić information content (AvgIpc) is 3.20. The van der Waals surface area contributed by atoms with Crippen molar-refractivity contribution in [2.45, 2.75) is 31.7 Å². The topological polar surface area (TPSA) is 44.5 Å². The van der Waals surface area contributed by atoms with Gasteiger partial charge in [-0.05, 0) is 36.7 Å². The molecule has 3 rings (SSSR count). The Labute approximate surface area is 119 Å². The predicted octanol–water partition coefficient (Wildman–Crippen LogP) is 3.28. The van der Waals surface area contributed by atoms with Gasteiger partial charge >= 0.3 is 0 Å². The second kappa shape index (κ2) is 5.24. The molecule has 0 aromatic heterocycles. The number of ether oxygens (including phenoxy) is 2. The monoisotopic (exact) mass is 279 g/mol. The zero-order valence-electron chi connectivity index (χ0n) is 12.1. The molecule has 3 unspecified atom stereocenters. The summed E-state index contributed by atoms with van der Waals surface area (Å²) in [7, 11) is 3.06. The molecule has 2 fully saturated rings. The lowest BCUT2D eigenvalue weighted by Crippen LogP contribution is -2.16. The smallest absolute Gasteiger partial charge is 0.163 e. The van der Waals surface area contributed by atoms with Crippen molar-refractivity contribution >= 4 is 0 Å². The summed E-state index contributed by atoms with van der Waals surface area (Å²) in [4.78, 5) is 0. The van der Waals surface area contributed by atoms with Crippen LogP contribution >= 0.6 is 0 Å². The first-order valence-corrected chi connectivity index (χ1v) is 7.34. The van der Waals surface area contributed by atoms with Crippen molar-refractivity contribution in [1.29, 1.82) is 0 Å². The fourth-order valence-corrected chi connectivity index (χ4v) is 3.91. The number of hydrogen-bond acceptors (Lipinski definition) is 3. The highest BCUT2D eigenvalue weighted by atomic mass is 19.1. The van der Waals surface area contributed by atoms with Gasteiger partial charge in [-0.2, -0.15) is 0 Å². The minimum Gasteiger partial charge on any atom is -0.493 e. The van der Waals surface area contributed by atoms with E-state index in [1.165, 1.54) is 38.9 Å². The van der Waals surface area contributed by atoms with Crippen LogP contribution in [0, 0.1) is 23.6 Å². The molecule has 0 spiro atoms. The maximum Gasteiger partial charge on any atom is 0.163 e. The number of benzene rings is 1. The van der Waals surface area contributed by atoms with Gasteiger partial charge in [0.2, 0.25) is 0 Å². The first-order chi connectivity index (χ1) is 9.67. The van der Waals surface area contributed by atoms with E-state index >= 15 is 0 Å². The number of nitrogens with two attached hydrogens (primary N) is 1. The van der Waals surface area contributed by atoms with Crippen LogP contribution in [-0.2, 0) is 0 Å². The van der Waals surface area contributed by atoms with Crippen LogP contribution in [0.4, 0.5) is 4.39 Å². The Morgan fingerprint density at radius 1 is 1.10 bits per heavy atom. The largest absolute Gasteiger partial charge is 0.493 e. The summed E-state index contributed by atoms with van der Waals surface area (Å²) in [6.07, 6.45) is 5.08. The standard InChI is InChI=1S/C16H22FNO2/c1-19-13-7-11(12(17)8-14(13)20-2)16(18)15-9-5-3-4-6-10(9)15/h7-10,15-16H,3-6,18H2,1-2H3. The van der Waals surface area contributed by atoms with Gasteiger partial charge in [0.15, 0.2) is 11.5 Å². The van der Waals surface area contributed by atoms with Crippen LogP contribution in [0.3, 0.4) is 0 Å². The molecule has 2 saturated carbocycles. The first-order valence-electron chi connectivity index (χ1n) is 7.34. The molecule has 0 heterocycles. The molecule has 2 aliphatic rings. The van der Waals surface area contributed by atoms with Gasteiger partial charge < -0.3 is 15.2 Å². The summed E-state index contributed by atoms with van der Waals surface area (Å²) in [5.41, 5.74) is 6.90. The Bertz CT molecular complexity index is 493. The molecular formula is C16H22FNO2. The second-order valence-corrected chi connectivity index (χ2v) is 5.94. The van der Waals surface area contributed by atoms with Crippen LogP contribution in [0.15, 0.2) is 12.1 Å². The number of hydrogen-bond donors (Lipinski definition) is 1. The number of fused-ring (bicyclic) bond motifs is 1. The van der Waals surface area contributed by atoms with Crippen molar-refractivity contribution in [2.24, 2.45) is 23.5 Å². The predicted molar refractivity (Wildman–Crippen MR) is 75.4 cm³/mol. The summed E-state index contributed by atoms with van der Waals surface area (Å²) in [5, 5.41) is 0. The van der Waals surface area contributed by atoms with Gasteiger partial charge in [0.25, 0.3) is 0 Å². The fraction of sp³-hybridized carbons (Fsp3) is 0.625. The van der Waals surface area contributed by atoms with E-state index in [1.807, 2.05) is 0 Å². The van der Waals surface area contributed by atoms with Crippen LogP contribution in [0.2, 0.25) is 0 Å². The van der Waals surface area contributed by atoms with E-state index in [2.05, 4.69) is 0 Å². The summed E-state index contributed by atoms with van der Waals surface area (Å²) in [5.74, 6) is 2.50. The number of halogens is 1. The third-order valence-corrected chi connectivity index (χ3v) is 5.00. The van der Waals surface area contributed by atoms with Gasteiger partial charge in [-0.15, -0.1) is 0 Å². The van der Waals surface area contributed by atoms with Crippen molar-refractivity contribution in [3.05, 3.63) is 23.5 Å². The molecule has 1 aromatic rings. The zero-order chi connectivity index (χ0) is 14.3. The van der Waals surface area contributed by atoms with Crippen molar-refractivity contribution < 1.29 is 13.9 Å². The van der Waals surface area contributed by atoms with E-state index in [4.69, 9.17) is 15.2 Å². The summed E-state index contributed by atoms with van der Waals surface area (Å²) in [6, 6.07) is 2.84. The molecule has 0 amide bonds. The Morgan fingerprint density at radius 2 is 1.65 bits per heavy atom. The van der Waals surface area contributed by atoms with Gasteiger partial charge in [-0.1, -0.05) is 12.8 Å². The maximum atomic E-state index is 14.3. The van der Waals surface area contributed by atoms with E-state index in [0.717, 1.165) is 0 Å². The van der Waals surface area contributed by atoms with Crippen LogP contribution < -0.4 is 15.2 Å². The molecule has 3 atom stereocenters. The molecule has 110 valence electrons. The van der Waals surface area contributed by atoms with Gasteiger partial charge in [0.05, 0.1) is 14.2 Å². The molecule has 1 aromatic carbocycles. The molecule has 4 heteroatoms. The van der Waals surface area contributed by atoms with Gasteiger partial charge in [0.1, 0.15) is 5.82 Å². The first kappa shape index (κ1) is 13.7. The quantitative estimate of drug-likeness (QED) is 0.920. The lowest BCUT2D eigenvalue weighted by molar-refractivity contribution is 0.350. The molecular weight excluding hydrogens is 257 g/mol. The number of rotatable bonds is 4. The lowest BCUT2D eigenvalue weighted by Gasteiger charge is -2.16.